The number of carbonyl (C=O) groups excluding carboxylic acids is 3. The van der Waals surface area contributed by atoms with E-state index < -0.39 is 5.82 Å². The maximum atomic E-state index is 14.6. The summed E-state index contributed by atoms with van der Waals surface area (Å²) < 4.78 is 25.4. The zero-order chi connectivity index (χ0) is 24.5. The summed E-state index contributed by atoms with van der Waals surface area (Å²) in [5.41, 5.74) is 0.752. The number of rotatable bonds is 10. The molecule has 0 aromatic heterocycles. The van der Waals surface area contributed by atoms with Crippen LogP contribution in [-0.2, 0) is 9.53 Å². The number of esters is 1. The minimum atomic E-state index is -0.589. The molecule has 0 radical (unpaired) electrons. The molecule has 6 nitrogen and oxygen atoms in total. The maximum Gasteiger partial charge on any atom is 0.308 e. The van der Waals surface area contributed by atoms with E-state index >= 15 is 0 Å². The molecular weight excluding hydrogens is 461 g/mol. The Morgan fingerprint density at radius 3 is 2.35 bits per heavy atom. The Labute approximate surface area is 203 Å². The molecule has 8 heteroatoms. The summed E-state index contributed by atoms with van der Waals surface area (Å²) in [4.78, 5) is 36.3. The van der Waals surface area contributed by atoms with Crippen molar-refractivity contribution in [3.8, 4) is 5.75 Å². The molecule has 182 valence electrons. The van der Waals surface area contributed by atoms with Crippen molar-refractivity contribution < 1.29 is 28.2 Å². The lowest BCUT2D eigenvalue weighted by molar-refractivity contribution is -0.149. The zero-order valence-corrected chi connectivity index (χ0v) is 19.9. The average Bonchev–Trinajstić information content (AvgIpc) is 2.84. The fourth-order valence-corrected chi connectivity index (χ4v) is 4.05. The molecular formula is C26H29ClFNO5. The summed E-state index contributed by atoms with van der Waals surface area (Å²) in [5.74, 6) is -1.24. The summed E-state index contributed by atoms with van der Waals surface area (Å²) >= 11 is 5.81. The number of carbonyl (C=O) groups is 3. The highest BCUT2D eigenvalue weighted by molar-refractivity contribution is 6.30. The monoisotopic (exact) mass is 489 g/mol. The number of ether oxygens (including phenoxy) is 2. The van der Waals surface area contributed by atoms with E-state index in [1.54, 1.807) is 37.3 Å². The number of halogens is 2. The molecule has 1 amide bonds. The van der Waals surface area contributed by atoms with E-state index in [1.807, 2.05) is 0 Å². The lowest BCUT2D eigenvalue weighted by atomic mass is 9.87. The molecule has 0 unspecified atom stereocenters. The highest BCUT2D eigenvalue weighted by atomic mass is 35.5. The molecule has 2 aromatic rings. The van der Waals surface area contributed by atoms with Crippen molar-refractivity contribution in [2.75, 3.05) is 13.2 Å². The average molecular weight is 490 g/mol. The van der Waals surface area contributed by atoms with Crippen LogP contribution in [0.2, 0.25) is 5.02 Å². The quantitative estimate of drug-likeness (QED) is 0.275. The van der Waals surface area contributed by atoms with Gasteiger partial charge in [0.05, 0.1) is 18.6 Å². The highest BCUT2D eigenvalue weighted by Gasteiger charge is 2.28. The van der Waals surface area contributed by atoms with Crippen molar-refractivity contribution in [1.82, 2.24) is 5.32 Å². The summed E-state index contributed by atoms with van der Waals surface area (Å²) in [6, 6.07) is 10.7. The van der Waals surface area contributed by atoms with Gasteiger partial charge in [0, 0.05) is 29.1 Å². The van der Waals surface area contributed by atoms with Crippen LogP contribution in [0.4, 0.5) is 4.39 Å². The summed E-state index contributed by atoms with van der Waals surface area (Å²) in [6.45, 7) is 2.47. The number of benzene rings is 2. The molecule has 2 aromatic carbocycles. The molecule has 1 fully saturated rings. The van der Waals surface area contributed by atoms with Gasteiger partial charge in [-0.25, -0.2) is 4.39 Å². The second-order valence-corrected chi connectivity index (χ2v) is 8.71. The number of nitrogens with one attached hydrogen (secondary N) is 1. The summed E-state index contributed by atoms with van der Waals surface area (Å²) in [7, 11) is 0. The molecule has 0 aliphatic heterocycles. The fraction of sp³-hybridized carbons (Fsp3) is 0.423. The first-order valence-corrected chi connectivity index (χ1v) is 11.9. The number of amides is 1. The number of ketones is 1. The minimum absolute atomic E-state index is 0.103. The predicted octanol–water partition coefficient (Wildman–Crippen LogP) is 5.37. The summed E-state index contributed by atoms with van der Waals surface area (Å²) in [6.07, 6.45) is 3.02. The molecule has 1 aliphatic carbocycles. The van der Waals surface area contributed by atoms with Crippen LogP contribution in [0.5, 0.6) is 5.75 Å². The van der Waals surface area contributed by atoms with Crippen LogP contribution in [0.3, 0.4) is 0 Å². The Morgan fingerprint density at radius 2 is 1.71 bits per heavy atom. The van der Waals surface area contributed by atoms with Crippen LogP contribution in [0.1, 0.15) is 66.2 Å². The molecule has 1 saturated carbocycles. The maximum absolute atomic E-state index is 14.6. The van der Waals surface area contributed by atoms with Crippen LogP contribution < -0.4 is 10.1 Å². The van der Waals surface area contributed by atoms with E-state index in [0.717, 1.165) is 0 Å². The van der Waals surface area contributed by atoms with E-state index in [-0.39, 0.29) is 47.4 Å². The van der Waals surface area contributed by atoms with E-state index in [4.69, 9.17) is 21.1 Å². The highest BCUT2D eigenvalue weighted by Crippen LogP contribution is 2.30. The second kappa shape index (κ2) is 12.5. The van der Waals surface area contributed by atoms with Crippen LogP contribution >= 0.6 is 11.6 Å². The lowest BCUT2D eigenvalue weighted by Gasteiger charge is -2.27. The standard InChI is InChI=1S/C26H29ClFNO5/c1-2-33-26(32)18-7-12-21(13-8-18)34-24-14-9-19(16-22(24)28)23(30)4-3-15-29-25(31)17-5-10-20(27)11-6-17/h5-6,9-11,14,16,18,21H,2-4,7-8,12-13,15H2,1H3,(H,29,31). The van der Waals surface area contributed by atoms with Gasteiger partial charge in [0.25, 0.3) is 5.91 Å². The Kier molecular flexibility index (Phi) is 9.45. The van der Waals surface area contributed by atoms with Gasteiger partial charge in [-0.1, -0.05) is 11.6 Å². The van der Waals surface area contributed by atoms with Crippen LogP contribution in [0.15, 0.2) is 42.5 Å². The van der Waals surface area contributed by atoms with Gasteiger partial charge in [-0.3, -0.25) is 14.4 Å². The number of hydrogen-bond acceptors (Lipinski definition) is 5. The smallest absolute Gasteiger partial charge is 0.308 e. The Morgan fingerprint density at radius 1 is 1.03 bits per heavy atom. The van der Waals surface area contributed by atoms with Crippen molar-refractivity contribution in [1.29, 1.82) is 0 Å². The molecule has 0 saturated heterocycles. The van der Waals surface area contributed by atoms with E-state index in [1.165, 1.54) is 12.1 Å². The topological polar surface area (TPSA) is 81.7 Å². The normalized spacial score (nSPS) is 17.6. The van der Waals surface area contributed by atoms with Crippen LogP contribution in [0, 0.1) is 11.7 Å². The van der Waals surface area contributed by atoms with Crippen molar-refractivity contribution in [3.05, 3.63) is 64.4 Å². The van der Waals surface area contributed by atoms with E-state index in [0.29, 0.717) is 55.8 Å². The second-order valence-electron chi connectivity index (χ2n) is 8.28. The first-order valence-electron chi connectivity index (χ1n) is 11.6. The fourth-order valence-electron chi connectivity index (χ4n) is 3.92. The van der Waals surface area contributed by atoms with Crippen molar-refractivity contribution >= 4 is 29.3 Å². The van der Waals surface area contributed by atoms with E-state index in [2.05, 4.69) is 5.32 Å². The van der Waals surface area contributed by atoms with Crippen LogP contribution in [-0.4, -0.2) is 36.9 Å². The van der Waals surface area contributed by atoms with Crippen LogP contribution in [0.25, 0.3) is 0 Å². The number of Topliss-reactive ketones (excluding diaryl/α,β-unsaturated/α-hetero) is 1. The van der Waals surface area contributed by atoms with E-state index in [9.17, 15) is 18.8 Å². The van der Waals surface area contributed by atoms with Gasteiger partial charge in [0.15, 0.2) is 17.3 Å². The Balaban J connectivity index is 1.42. The number of hydrogen-bond donors (Lipinski definition) is 1. The van der Waals surface area contributed by atoms with Crippen molar-refractivity contribution in [2.24, 2.45) is 5.92 Å². The molecule has 1 N–H and O–H groups in total. The van der Waals surface area contributed by atoms with Gasteiger partial charge in [-0.2, -0.15) is 0 Å². The van der Waals surface area contributed by atoms with Gasteiger partial charge in [-0.15, -0.1) is 0 Å². The minimum Gasteiger partial charge on any atom is -0.487 e. The largest absolute Gasteiger partial charge is 0.487 e. The van der Waals surface area contributed by atoms with Crippen molar-refractivity contribution in [2.45, 2.75) is 51.6 Å². The predicted molar refractivity (Wildman–Crippen MR) is 127 cm³/mol. The Bertz CT molecular complexity index is 1000. The molecule has 0 bridgehead atoms. The zero-order valence-electron chi connectivity index (χ0n) is 19.2. The first-order chi connectivity index (χ1) is 16.4. The SMILES string of the molecule is CCOC(=O)C1CCC(Oc2ccc(C(=O)CCCNC(=O)c3ccc(Cl)cc3)cc2F)CC1. The third-order valence-corrected chi connectivity index (χ3v) is 6.07. The lowest BCUT2D eigenvalue weighted by Crippen LogP contribution is -2.29. The van der Waals surface area contributed by atoms with Gasteiger partial charge in [-0.05, 0) is 81.5 Å². The molecule has 34 heavy (non-hydrogen) atoms. The molecule has 0 heterocycles. The third-order valence-electron chi connectivity index (χ3n) is 5.81. The van der Waals surface area contributed by atoms with Gasteiger partial charge < -0.3 is 14.8 Å². The summed E-state index contributed by atoms with van der Waals surface area (Å²) in [5, 5.41) is 3.30. The molecule has 3 rings (SSSR count). The molecule has 0 atom stereocenters. The third kappa shape index (κ3) is 7.29. The van der Waals surface area contributed by atoms with Gasteiger partial charge >= 0.3 is 5.97 Å². The van der Waals surface area contributed by atoms with Gasteiger partial charge in [0.2, 0.25) is 0 Å². The molecule has 0 spiro atoms. The first kappa shape index (κ1) is 25.7. The van der Waals surface area contributed by atoms with Gasteiger partial charge in [0.1, 0.15) is 0 Å². The Hall–Kier alpha value is -2.93. The molecule has 1 aliphatic rings. The van der Waals surface area contributed by atoms with Crippen molar-refractivity contribution in [3.63, 3.8) is 0 Å².